The second-order valence-electron chi connectivity index (χ2n) is 3.95. The first kappa shape index (κ1) is 13.0. The second kappa shape index (κ2) is 4.85. The number of carbonyl (C=O) groups excluding carboxylic acids is 2. The largest absolute Gasteiger partial charge is 0.340 e. The van der Waals surface area contributed by atoms with Crippen molar-refractivity contribution in [2.75, 3.05) is 0 Å². The summed E-state index contributed by atoms with van der Waals surface area (Å²) in [6, 6.07) is 4.51. The Balaban J connectivity index is 2.93. The monoisotopic (exact) mass is 259 g/mol. The topological polar surface area (TPSA) is 46.2 Å². The zero-order valence-corrected chi connectivity index (χ0v) is 10.4. The van der Waals surface area contributed by atoms with Crippen LogP contribution in [0.5, 0.6) is 0 Å². The van der Waals surface area contributed by atoms with E-state index in [0.29, 0.717) is 21.9 Å². The van der Waals surface area contributed by atoms with Crippen molar-refractivity contribution in [3.05, 3.63) is 33.8 Å². The van der Waals surface area contributed by atoms with Crippen molar-refractivity contribution in [1.82, 2.24) is 5.32 Å². The number of nitrogens with one attached hydrogen (secondary N) is 1. The van der Waals surface area contributed by atoms with E-state index in [0.717, 1.165) is 0 Å². The number of aldehydes is 1. The molecular weight excluding hydrogens is 249 g/mol. The van der Waals surface area contributed by atoms with E-state index in [1.54, 1.807) is 13.8 Å². The SMILES string of the molecule is CC(C)(C=O)NC(=O)c1cc(Cl)cc(Cl)c1. The fourth-order valence-corrected chi connectivity index (χ4v) is 1.61. The molecular formula is C11H11Cl2NO2. The molecule has 1 N–H and O–H groups in total. The number of rotatable bonds is 3. The van der Waals surface area contributed by atoms with Crippen LogP contribution in [-0.4, -0.2) is 17.7 Å². The lowest BCUT2D eigenvalue weighted by molar-refractivity contribution is -0.112. The number of amides is 1. The van der Waals surface area contributed by atoms with Crippen LogP contribution in [0.15, 0.2) is 18.2 Å². The van der Waals surface area contributed by atoms with Crippen LogP contribution in [-0.2, 0) is 4.79 Å². The number of halogens is 2. The summed E-state index contributed by atoms with van der Waals surface area (Å²) in [7, 11) is 0. The standard InChI is InChI=1S/C11H11Cl2NO2/c1-11(2,6-15)14-10(16)7-3-8(12)5-9(13)4-7/h3-6H,1-2H3,(H,14,16). The van der Waals surface area contributed by atoms with E-state index in [1.807, 2.05) is 0 Å². The molecule has 1 aromatic rings. The molecule has 0 radical (unpaired) electrons. The average molecular weight is 260 g/mol. The zero-order chi connectivity index (χ0) is 12.3. The number of carbonyl (C=O) groups is 2. The molecule has 3 nitrogen and oxygen atoms in total. The highest BCUT2D eigenvalue weighted by Gasteiger charge is 2.20. The number of hydrogen-bond acceptors (Lipinski definition) is 2. The fourth-order valence-electron chi connectivity index (χ4n) is 1.08. The predicted molar refractivity (Wildman–Crippen MR) is 64.1 cm³/mol. The Morgan fingerprint density at radius 3 is 2.19 bits per heavy atom. The average Bonchev–Trinajstić information content (AvgIpc) is 2.15. The molecule has 0 saturated carbocycles. The second-order valence-corrected chi connectivity index (χ2v) is 4.82. The third-order valence-corrected chi connectivity index (χ3v) is 2.29. The lowest BCUT2D eigenvalue weighted by Gasteiger charge is -2.19. The number of hydrogen-bond donors (Lipinski definition) is 1. The Morgan fingerprint density at radius 2 is 1.75 bits per heavy atom. The molecule has 0 saturated heterocycles. The van der Waals surface area contributed by atoms with Crippen LogP contribution in [0.1, 0.15) is 24.2 Å². The third-order valence-electron chi connectivity index (χ3n) is 1.86. The van der Waals surface area contributed by atoms with Gasteiger partial charge in [0, 0.05) is 15.6 Å². The Bertz CT molecular complexity index is 410. The highest BCUT2D eigenvalue weighted by Crippen LogP contribution is 2.19. The maximum atomic E-state index is 11.7. The van der Waals surface area contributed by atoms with Crippen molar-refractivity contribution in [3.8, 4) is 0 Å². The summed E-state index contributed by atoms with van der Waals surface area (Å²) in [5.74, 6) is -0.387. The smallest absolute Gasteiger partial charge is 0.252 e. The molecule has 86 valence electrons. The quantitative estimate of drug-likeness (QED) is 0.849. The third kappa shape index (κ3) is 3.51. The van der Waals surface area contributed by atoms with Gasteiger partial charge in [0.05, 0.1) is 5.54 Å². The van der Waals surface area contributed by atoms with Crippen molar-refractivity contribution in [1.29, 1.82) is 0 Å². The van der Waals surface area contributed by atoms with Crippen molar-refractivity contribution in [2.24, 2.45) is 0 Å². The summed E-state index contributed by atoms with van der Waals surface area (Å²) in [6.07, 6.45) is 0.664. The minimum atomic E-state index is -0.911. The normalized spacial score (nSPS) is 11.0. The molecule has 0 spiro atoms. The van der Waals surface area contributed by atoms with E-state index >= 15 is 0 Å². The van der Waals surface area contributed by atoms with Gasteiger partial charge in [0.15, 0.2) is 0 Å². The van der Waals surface area contributed by atoms with Crippen LogP contribution >= 0.6 is 23.2 Å². The Labute approximate surface area is 104 Å². The van der Waals surface area contributed by atoms with E-state index in [4.69, 9.17) is 23.2 Å². The minimum absolute atomic E-state index is 0.326. The van der Waals surface area contributed by atoms with E-state index < -0.39 is 5.54 Å². The molecule has 0 unspecified atom stereocenters. The minimum Gasteiger partial charge on any atom is -0.340 e. The Hall–Kier alpha value is -1.06. The molecule has 0 heterocycles. The molecule has 0 atom stereocenters. The Morgan fingerprint density at radius 1 is 1.25 bits per heavy atom. The molecule has 0 aliphatic heterocycles. The summed E-state index contributed by atoms with van der Waals surface area (Å²) in [5.41, 5.74) is -0.585. The molecule has 1 aromatic carbocycles. The molecule has 1 amide bonds. The van der Waals surface area contributed by atoms with Gasteiger partial charge in [0.1, 0.15) is 6.29 Å². The first-order chi connectivity index (χ1) is 7.34. The van der Waals surface area contributed by atoms with Gasteiger partial charge in [-0.2, -0.15) is 0 Å². The maximum absolute atomic E-state index is 11.7. The van der Waals surface area contributed by atoms with Crippen LogP contribution in [0, 0.1) is 0 Å². The van der Waals surface area contributed by atoms with Gasteiger partial charge >= 0.3 is 0 Å². The van der Waals surface area contributed by atoms with E-state index in [1.165, 1.54) is 18.2 Å². The van der Waals surface area contributed by atoms with Crippen molar-refractivity contribution in [2.45, 2.75) is 19.4 Å². The van der Waals surface area contributed by atoms with E-state index in [9.17, 15) is 9.59 Å². The highest BCUT2D eigenvalue weighted by atomic mass is 35.5. The lowest BCUT2D eigenvalue weighted by Crippen LogP contribution is -2.44. The van der Waals surface area contributed by atoms with Crippen molar-refractivity contribution < 1.29 is 9.59 Å². The predicted octanol–water partition coefficient (Wildman–Crippen LogP) is 2.70. The maximum Gasteiger partial charge on any atom is 0.252 e. The zero-order valence-electron chi connectivity index (χ0n) is 8.88. The van der Waals surface area contributed by atoms with Gasteiger partial charge in [-0.1, -0.05) is 23.2 Å². The summed E-state index contributed by atoms with van der Waals surface area (Å²) in [4.78, 5) is 22.4. The van der Waals surface area contributed by atoms with E-state index in [-0.39, 0.29) is 5.91 Å². The van der Waals surface area contributed by atoms with Gasteiger partial charge in [-0.05, 0) is 32.0 Å². The van der Waals surface area contributed by atoms with Crippen LogP contribution in [0.4, 0.5) is 0 Å². The first-order valence-electron chi connectivity index (χ1n) is 4.59. The van der Waals surface area contributed by atoms with Crippen LogP contribution < -0.4 is 5.32 Å². The molecule has 16 heavy (non-hydrogen) atoms. The van der Waals surface area contributed by atoms with Gasteiger partial charge < -0.3 is 10.1 Å². The van der Waals surface area contributed by atoms with Crippen molar-refractivity contribution >= 4 is 35.4 Å². The summed E-state index contributed by atoms with van der Waals surface area (Å²) < 4.78 is 0. The molecule has 0 aromatic heterocycles. The lowest BCUT2D eigenvalue weighted by atomic mass is 10.1. The van der Waals surface area contributed by atoms with Crippen molar-refractivity contribution in [3.63, 3.8) is 0 Å². The van der Waals surface area contributed by atoms with Gasteiger partial charge in [0.25, 0.3) is 5.91 Å². The van der Waals surface area contributed by atoms with Gasteiger partial charge in [-0.15, -0.1) is 0 Å². The first-order valence-corrected chi connectivity index (χ1v) is 5.34. The Kier molecular flexibility index (Phi) is 3.94. The summed E-state index contributed by atoms with van der Waals surface area (Å²) in [5, 5.41) is 3.31. The molecule has 1 rings (SSSR count). The summed E-state index contributed by atoms with van der Waals surface area (Å²) in [6.45, 7) is 3.20. The van der Waals surface area contributed by atoms with Crippen LogP contribution in [0.3, 0.4) is 0 Å². The van der Waals surface area contributed by atoms with Gasteiger partial charge in [-0.3, -0.25) is 4.79 Å². The van der Waals surface area contributed by atoms with Crippen LogP contribution in [0.2, 0.25) is 10.0 Å². The molecule has 0 aliphatic rings. The molecule has 0 aliphatic carbocycles. The van der Waals surface area contributed by atoms with Gasteiger partial charge in [-0.25, -0.2) is 0 Å². The molecule has 0 bridgehead atoms. The summed E-state index contributed by atoms with van der Waals surface area (Å²) >= 11 is 11.5. The highest BCUT2D eigenvalue weighted by molar-refractivity contribution is 6.35. The van der Waals surface area contributed by atoms with Gasteiger partial charge in [0.2, 0.25) is 0 Å². The molecule has 5 heteroatoms. The van der Waals surface area contributed by atoms with E-state index in [2.05, 4.69) is 5.32 Å². The van der Waals surface area contributed by atoms with Crippen LogP contribution in [0.25, 0.3) is 0 Å². The molecule has 0 fully saturated rings. The fraction of sp³-hybridized carbons (Fsp3) is 0.273. The number of benzene rings is 1.